The second-order valence-corrected chi connectivity index (χ2v) is 9.75. The highest BCUT2D eigenvalue weighted by Gasteiger charge is 2.27. The second kappa shape index (κ2) is 6.26. The minimum Gasteiger partial charge on any atom is -0.171 e. The van der Waals surface area contributed by atoms with Gasteiger partial charge in [-0.2, -0.15) is 11.1 Å². The first-order valence-corrected chi connectivity index (χ1v) is 10.2. The fourth-order valence-electron chi connectivity index (χ4n) is 2.85. The Balaban J connectivity index is 1.96. The molecule has 0 aliphatic heterocycles. The fraction of sp³-hybridized carbons (Fsp3) is 0.571. The Kier molecular flexibility index (Phi) is 4.95. The Morgan fingerprint density at radius 1 is 1.29 bits per heavy atom. The van der Waals surface area contributed by atoms with Crippen LogP contribution in [0.3, 0.4) is 0 Å². The van der Waals surface area contributed by atoms with Crippen molar-refractivity contribution in [3.05, 3.63) is 34.9 Å². The molecule has 17 heavy (non-hydrogen) atoms. The van der Waals surface area contributed by atoms with Crippen molar-refractivity contribution in [3.63, 3.8) is 0 Å². The molecule has 1 aliphatic carbocycles. The van der Waals surface area contributed by atoms with Crippen molar-refractivity contribution in [2.24, 2.45) is 0 Å². The third kappa shape index (κ3) is 3.49. The van der Waals surface area contributed by atoms with Crippen LogP contribution in [0.25, 0.3) is 0 Å². The average Bonchev–Trinajstić information content (AvgIpc) is 2.82. The van der Waals surface area contributed by atoms with Gasteiger partial charge in [0.25, 0.3) is 0 Å². The van der Waals surface area contributed by atoms with Crippen molar-refractivity contribution >= 4 is 30.8 Å². The van der Waals surface area contributed by atoms with Crippen LogP contribution in [0.5, 0.6) is 0 Å². The number of rotatable bonds is 4. The summed E-state index contributed by atoms with van der Waals surface area (Å²) in [6.45, 7) is 2.26. The number of halogens is 2. The predicted molar refractivity (Wildman–Crippen MR) is 79.9 cm³/mol. The summed E-state index contributed by atoms with van der Waals surface area (Å²) in [6.07, 6.45) is 5.52. The molecule has 3 heteroatoms. The van der Waals surface area contributed by atoms with Crippen molar-refractivity contribution in [2.75, 3.05) is 0 Å². The van der Waals surface area contributed by atoms with Gasteiger partial charge >= 0.3 is 0 Å². The van der Waals surface area contributed by atoms with Gasteiger partial charge in [-0.1, -0.05) is 62.4 Å². The topological polar surface area (TPSA) is 0 Å². The molecule has 0 radical (unpaired) electrons. The van der Waals surface area contributed by atoms with Gasteiger partial charge in [0.1, 0.15) is 8.11 Å². The van der Waals surface area contributed by atoms with E-state index in [0.717, 1.165) is 10.6 Å². The molecule has 0 heterocycles. The van der Waals surface area contributed by atoms with Crippen LogP contribution in [-0.2, 0) is 0 Å². The number of hydrogen-bond donors (Lipinski definition) is 0. The molecule has 0 nitrogen and oxygen atoms in total. The highest BCUT2D eigenvalue weighted by atomic mass is 35.6. The van der Waals surface area contributed by atoms with Gasteiger partial charge in [-0.05, 0) is 29.1 Å². The molecule has 1 fully saturated rings. The van der Waals surface area contributed by atoms with Crippen LogP contribution in [0.1, 0.15) is 44.1 Å². The highest BCUT2D eigenvalue weighted by molar-refractivity contribution is 7.07. The fourth-order valence-corrected chi connectivity index (χ4v) is 7.24. The molecule has 1 saturated carbocycles. The van der Waals surface area contributed by atoms with Gasteiger partial charge in [0.15, 0.2) is 0 Å². The minimum atomic E-state index is -1.09. The lowest BCUT2D eigenvalue weighted by atomic mass is 10.0. The van der Waals surface area contributed by atoms with E-state index in [1.54, 1.807) is 0 Å². The second-order valence-electron chi connectivity index (χ2n) is 5.22. The quantitative estimate of drug-likeness (QED) is 0.517. The summed E-state index contributed by atoms with van der Waals surface area (Å²) in [5, 5.41) is 0.893. The van der Waals surface area contributed by atoms with E-state index in [9.17, 15) is 0 Å². The molecule has 0 bridgehead atoms. The van der Waals surface area contributed by atoms with E-state index < -0.39 is 8.11 Å². The van der Waals surface area contributed by atoms with Crippen LogP contribution in [0, 0.1) is 0 Å². The summed E-state index contributed by atoms with van der Waals surface area (Å²) in [7, 11) is -1.09. The minimum absolute atomic E-state index is 0.512. The van der Waals surface area contributed by atoms with Gasteiger partial charge in [-0.3, -0.25) is 0 Å². The summed E-state index contributed by atoms with van der Waals surface area (Å²) in [5.41, 5.74) is 2.13. The molecule has 2 atom stereocenters. The predicted octanol–water partition coefficient (Wildman–Crippen LogP) is 5.35. The van der Waals surface area contributed by atoms with E-state index in [1.165, 1.54) is 37.3 Å². The average molecular weight is 287 g/mol. The van der Waals surface area contributed by atoms with E-state index >= 15 is 0 Å². The van der Waals surface area contributed by atoms with Crippen LogP contribution in [-0.4, -0.2) is 8.11 Å². The highest BCUT2D eigenvalue weighted by Crippen LogP contribution is 2.39. The van der Waals surface area contributed by atoms with Crippen LogP contribution >= 0.6 is 22.7 Å². The molecule has 1 aliphatic rings. The molecule has 1 aromatic carbocycles. The smallest absolute Gasteiger partial charge is 0.144 e. The van der Waals surface area contributed by atoms with E-state index in [-0.39, 0.29) is 0 Å². The maximum atomic E-state index is 6.68. The first kappa shape index (κ1) is 13.4. The van der Waals surface area contributed by atoms with Crippen LogP contribution in [0.15, 0.2) is 24.3 Å². The summed E-state index contributed by atoms with van der Waals surface area (Å²) < 4.78 is 0. The van der Waals surface area contributed by atoms with Gasteiger partial charge in [0, 0.05) is 5.02 Å². The van der Waals surface area contributed by atoms with Gasteiger partial charge in [0.2, 0.25) is 0 Å². The lowest BCUT2D eigenvalue weighted by Gasteiger charge is -2.20. The molecule has 1 aromatic rings. The molecule has 0 spiro atoms. The van der Waals surface area contributed by atoms with Crippen molar-refractivity contribution in [3.8, 4) is 0 Å². The zero-order valence-electron chi connectivity index (χ0n) is 10.3. The third-order valence-electron chi connectivity index (χ3n) is 3.93. The SMILES string of the molecule is CC(C[SiH](Cl)C1CCCC1)c1ccccc1Cl. The van der Waals surface area contributed by atoms with Crippen molar-refractivity contribution in [1.29, 1.82) is 0 Å². The Morgan fingerprint density at radius 2 is 1.94 bits per heavy atom. The largest absolute Gasteiger partial charge is 0.171 e. The zero-order valence-corrected chi connectivity index (χ0v) is 13.0. The molecule has 0 aromatic heterocycles. The standard InChI is InChI=1S/C14H20Cl2Si/c1-11(13-8-4-5-9-14(13)15)10-17(16)12-6-2-3-7-12/h4-5,8-9,11-12,17H,2-3,6-7,10H2,1H3. The van der Waals surface area contributed by atoms with Crippen LogP contribution < -0.4 is 0 Å². The van der Waals surface area contributed by atoms with E-state index in [2.05, 4.69) is 19.1 Å². The summed E-state index contributed by atoms with van der Waals surface area (Å²) in [4.78, 5) is 0. The molecule has 94 valence electrons. The molecule has 2 rings (SSSR count). The van der Waals surface area contributed by atoms with Gasteiger partial charge < -0.3 is 0 Å². The molecule has 0 saturated heterocycles. The first-order chi connectivity index (χ1) is 8.18. The van der Waals surface area contributed by atoms with Crippen molar-refractivity contribution < 1.29 is 0 Å². The van der Waals surface area contributed by atoms with Gasteiger partial charge in [0.05, 0.1) is 0 Å². The Labute approximate surface area is 116 Å². The van der Waals surface area contributed by atoms with Gasteiger partial charge in [-0.25, -0.2) is 0 Å². The maximum Gasteiger partial charge on any atom is 0.144 e. The third-order valence-corrected chi connectivity index (χ3v) is 8.72. The van der Waals surface area contributed by atoms with Crippen molar-refractivity contribution in [2.45, 2.75) is 50.1 Å². The Bertz CT molecular complexity index is 361. The van der Waals surface area contributed by atoms with Crippen LogP contribution in [0.4, 0.5) is 0 Å². The maximum absolute atomic E-state index is 6.68. The zero-order chi connectivity index (χ0) is 12.3. The van der Waals surface area contributed by atoms with Gasteiger partial charge in [-0.15, -0.1) is 0 Å². The molecular formula is C14H20Cl2Si. The van der Waals surface area contributed by atoms with Crippen LogP contribution in [0.2, 0.25) is 16.6 Å². The van der Waals surface area contributed by atoms with E-state index in [1.807, 2.05) is 12.1 Å². The van der Waals surface area contributed by atoms with Crippen molar-refractivity contribution in [1.82, 2.24) is 0 Å². The Hall–Kier alpha value is 0.0169. The molecule has 2 unspecified atom stereocenters. The Morgan fingerprint density at radius 3 is 2.59 bits per heavy atom. The van der Waals surface area contributed by atoms with E-state index in [0.29, 0.717) is 5.92 Å². The lowest BCUT2D eigenvalue weighted by Crippen LogP contribution is -2.14. The number of hydrogen-bond acceptors (Lipinski definition) is 0. The summed E-state index contributed by atoms with van der Waals surface area (Å²) in [5.74, 6) is 0.512. The monoisotopic (exact) mass is 286 g/mol. The summed E-state index contributed by atoms with van der Waals surface area (Å²) in [6, 6.07) is 9.35. The number of benzene rings is 1. The molecule has 0 amide bonds. The lowest BCUT2D eigenvalue weighted by molar-refractivity contribution is 0.808. The normalized spacial score (nSPS) is 20.4. The summed E-state index contributed by atoms with van der Waals surface area (Å²) >= 11 is 12.9. The first-order valence-electron chi connectivity index (χ1n) is 6.57. The molecular weight excluding hydrogens is 267 g/mol. The molecule has 0 N–H and O–H groups in total. The van der Waals surface area contributed by atoms with E-state index in [4.69, 9.17) is 22.7 Å².